The van der Waals surface area contributed by atoms with Crippen molar-refractivity contribution in [1.82, 2.24) is 15.6 Å². The van der Waals surface area contributed by atoms with Crippen molar-refractivity contribution in [2.45, 2.75) is 40.3 Å². The van der Waals surface area contributed by atoms with Gasteiger partial charge >= 0.3 is 5.97 Å². The topological polar surface area (TPSA) is 75.6 Å². The number of thiazole rings is 1. The van der Waals surface area contributed by atoms with Crippen LogP contribution in [0.15, 0.2) is 29.3 Å². The van der Waals surface area contributed by atoms with E-state index in [0.717, 1.165) is 10.6 Å². The van der Waals surface area contributed by atoms with Crippen molar-refractivity contribution >= 4 is 23.3 Å². The quantitative estimate of drug-likeness (QED) is 0.428. The maximum absolute atomic E-state index is 13.0. The molecule has 1 aromatic carbocycles. The van der Waals surface area contributed by atoms with Crippen LogP contribution in [-0.4, -0.2) is 30.1 Å². The van der Waals surface area contributed by atoms with E-state index in [1.165, 1.54) is 23.5 Å². The Morgan fingerprint density at radius 3 is 2.67 bits per heavy atom. The van der Waals surface area contributed by atoms with Crippen LogP contribution in [0.2, 0.25) is 0 Å². The summed E-state index contributed by atoms with van der Waals surface area (Å²) in [6.07, 6.45) is 0. The number of carbonyl (C=O) groups is 1. The number of aliphatic imine (C=N–C) groups is 1. The minimum Gasteiger partial charge on any atom is -0.462 e. The number of nitrogens with zero attached hydrogens (tertiary/aromatic N) is 2. The van der Waals surface area contributed by atoms with E-state index in [2.05, 4.69) is 20.6 Å². The third-order valence-corrected chi connectivity index (χ3v) is 5.00. The Labute approximate surface area is 162 Å². The number of aryl methyl sites for hydroxylation is 1. The summed E-state index contributed by atoms with van der Waals surface area (Å²) in [4.78, 5) is 21.5. The molecule has 0 saturated carbocycles. The van der Waals surface area contributed by atoms with Crippen molar-refractivity contribution in [3.8, 4) is 0 Å². The first-order valence-electron chi connectivity index (χ1n) is 8.88. The molecular formula is C19H25FN4O2S. The first kappa shape index (κ1) is 20.8. The number of ether oxygens (including phenoxy) is 1. The van der Waals surface area contributed by atoms with E-state index in [-0.39, 0.29) is 17.8 Å². The Balaban J connectivity index is 2.08. The zero-order valence-corrected chi connectivity index (χ0v) is 16.8. The molecule has 8 heteroatoms. The smallest absolute Gasteiger partial charge is 0.350 e. The van der Waals surface area contributed by atoms with Gasteiger partial charge in [-0.2, -0.15) is 0 Å². The number of aromatic nitrogens is 1. The summed E-state index contributed by atoms with van der Waals surface area (Å²) in [6.45, 7) is 8.97. The van der Waals surface area contributed by atoms with Gasteiger partial charge < -0.3 is 15.4 Å². The number of nitrogens with one attached hydrogen (secondary N) is 2. The molecule has 0 aliphatic carbocycles. The Kier molecular flexibility index (Phi) is 7.72. The second kappa shape index (κ2) is 10.0. The Morgan fingerprint density at radius 2 is 2.04 bits per heavy atom. The molecule has 1 unspecified atom stereocenters. The minimum atomic E-state index is -0.345. The number of hydrogen-bond donors (Lipinski definition) is 2. The lowest BCUT2D eigenvalue weighted by molar-refractivity contribution is 0.0531. The molecule has 1 heterocycles. The van der Waals surface area contributed by atoms with Gasteiger partial charge in [-0.1, -0.05) is 12.1 Å². The van der Waals surface area contributed by atoms with E-state index in [0.29, 0.717) is 36.2 Å². The van der Waals surface area contributed by atoms with Crippen LogP contribution in [0.5, 0.6) is 0 Å². The summed E-state index contributed by atoms with van der Waals surface area (Å²) in [5.74, 6) is 0.0145. The van der Waals surface area contributed by atoms with E-state index in [4.69, 9.17) is 4.74 Å². The lowest BCUT2D eigenvalue weighted by Crippen LogP contribution is -2.38. The van der Waals surface area contributed by atoms with Crippen LogP contribution >= 0.6 is 11.3 Å². The lowest BCUT2D eigenvalue weighted by atomic mass is 10.2. The maximum atomic E-state index is 13.0. The highest BCUT2D eigenvalue weighted by Gasteiger charge is 2.20. The molecule has 2 N–H and O–H groups in total. The van der Waals surface area contributed by atoms with Gasteiger partial charge in [-0.15, -0.1) is 11.3 Å². The van der Waals surface area contributed by atoms with Crippen molar-refractivity contribution in [2.75, 3.05) is 13.2 Å². The van der Waals surface area contributed by atoms with Crippen LogP contribution in [0.25, 0.3) is 0 Å². The minimum absolute atomic E-state index is 0.136. The fourth-order valence-electron chi connectivity index (χ4n) is 2.34. The largest absolute Gasteiger partial charge is 0.462 e. The summed E-state index contributed by atoms with van der Waals surface area (Å²) in [5, 5.41) is 7.25. The molecule has 0 amide bonds. The van der Waals surface area contributed by atoms with Crippen molar-refractivity contribution in [1.29, 1.82) is 0 Å². The average molecular weight is 393 g/mol. The van der Waals surface area contributed by atoms with Crippen molar-refractivity contribution in [3.05, 3.63) is 51.2 Å². The number of benzene rings is 1. The molecule has 1 atom stereocenters. The molecule has 2 aromatic rings. The molecule has 0 fully saturated rings. The van der Waals surface area contributed by atoms with Crippen LogP contribution in [0.1, 0.15) is 52.7 Å². The molecule has 27 heavy (non-hydrogen) atoms. The van der Waals surface area contributed by atoms with E-state index in [9.17, 15) is 9.18 Å². The number of esters is 1. The van der Waals surface area contributed by atoms with Crippen LogP contribution in [0.4, 0.5) is 4.39 Å². The van der Waals surface area contributed by atoms with Crippen LogP contribution < -0.4 is 10.6 Å². The maximum Gasteiger partial charge on any atom is 0.350 e. The molecule has 2 rings (SSSR count). The number of hydrogen-bond acceptors (Lipinski definition) is 5. The second-order valence-corrected chi connectivity index (χ2v) is 6.91. The molecule has 1 aromatic heterocycles. The van der Waals surface area contributed by atoms with Crippen molar-refractivity contribution < 1.29 is 13.9 Å². The normalized spacial score (nSPS) is 12.6. The third kappa shape index (κ3) is 6.02. The Hall–Kier alpha value is -2.48. The van der Waals surface area contributed by atoms with Gasteiger partial charge in [0.2, 0.25) is 0 Å². The Morgan fingerprint density at radius 1 is 1.33 bits per heavy atom. The summed E-state index contributed by atoms with van der Waals surface area (Å²) < 4.78 is 18.1. The fraction of sp³-hybridized carbons (Fsp3) is 0.421. The van der Waals surface area contributed by atoms with E-state index < -0.39 is 0 Å². The molecule has 0 aliphatic rings. The van der Waals surface area contributed by atoms with Gasteiger partial charge in [-0.25, -0.2) is 19.2 Å². The zero-order valence-electron chi connectivity index (χ0n) is 16.0. The molecule has 0 saturated heterocycles. The van der Waals surface area contributed by atoms with Gasteiger partial charge in [0.25, 0.3) is 0 Å². The first-order valence-corrected chi connectivity index (χ1v) is 9.70. The van der Waals surface area contributed by atoms with Crippen LogP contribution in [0.3, 0.4) is 0 Å². The van der Waals surface area contributed by atoms with Gasteiger partial charge in [0.05, 0.1) is 24.9 Å². The number of guanidine groups is 1. The predicted octanol–water partition coefficient (Wildman–Crippen LogP) is 3.58. The van der Waals surface area contributed by atoms with Gasteiger partial charge in [-0.05, 0) is 45.4 Å². The van der Waals surface area contributed by atoms with Crippen molar-refractivity contribution in [2.24, 2.45) is 4.99 Å². The zero-order chi connectivity index (χ0) is 19.8. The number of carbonyl (C=O) groups excluding carboxylic acids is 1. The number of halogens is 1. The highest BCUT2D eigenvalue weighted by molar-refractivity contribution is 7.13. The second-order valence-electron chi connectivity index (χ2n) is 5.87. The number of rotatable bonds is 7. The van der Waals surface area contributed by atoms with Gasteiger partial charge in [0.15, 0.2) is 5.96 Å². The van der Waals surface area contributed by atoms with Gasteiger partial charge in [0, 0.05) is 6.54 Å². The molecule has 0 aliphatic heterocycles. The van der Waals surface area contributed by atoms with Gasteiger partial charge in [-0.3, -0.25) is 0 Å². The lowest BCUT2D eigenvalue weighted by Gasteiger charge is -2.16. The molecule has 0 bridgehead atoms. The van der Waals surface area contributed by atoms with Crippen LogP contribution in [0, 0.1) is 12.7 Å². The third-order valence-electron chi connectivity index (χ3n) is 3.67. The van der Waals surface area contributed by atoms with Gasteiger partial charge in [0.1, 0.15) is 15.7 Å². The highest BCUT2D eigenvalue weighted by Crippen LogP contribution is 2.24. The molecule has 6 nitrogen and oxygen atoms in total. The summed E-state index contributed by atoms with van der Waals surface area (Å²) in [5.41, 5.74) is 1.58. The predicted molar refractivity (Wildman–Crippen MR) is 106 cm³/mol. The van der Waals surface area contributed by atoms with E-state index in [1.807, 2.05) is 13.8 Å². The summed E-state index contributed by atoms with van der Waals surface area (Å²) in [7, 11) is 0. The standard InChI is InChI=1S/C19H25FN4O2S/c1-5-21-19(22-11-14-7-9-15(20)10-8-14)24-13(4)17-23-12(3)16(27-17)18(25)26-6-2/h7-10,13H,5-6,11H2,1-4H3,(H2,21,22,24). The highest BCUT2D eigenvalue weighted by atomic mass is 32.1. The van der Waals surface area contributed by atoms with Crippen LogP contribution in [-0.2, 0) is 11.3 Å². The van der Waals surface area contributed by atoms with E-state index >= 15 is 0 Å². The molecular weight excluding hydrogens is 367 g/mol. The SMILES string of the molecule is CCNC(=NCc1ccc(F)cc1)NC(C)c1nc(C)c(C(=O)OCC)s1. The molecule has 0 radical (unpaired) electrons. The first-order chi connectivity index (χ1) is 12.9. The fourth-order valence-corrected chi connectivity index (χ4v) is 3.30. The van der Waals surface area contributed by atoms with Crippen molar-refractivity contribution in [3.63, 3.8) is 0 Å². The summed E-state index contributed by atoms with van der Waals surface area (Å²) in [6, 6.07) is 6.12. The average Bonchev–Trinajstić information content (AvgIpc) is 3.03. The van der Waals surface area contributed by atoms with E-state index in [1.54, 1.807) is 26.0 Å². The monoisotopic (exact) mass is 392 g/mol. The summed E-state index contributed by atoms with van der Waals surface area (Å²) >= 11 is 1.32. The molecule has 146 valence electrons. The molecule has 0 spiro atoms. The Bertz CT molecular complexity index is 790.